The number of carbonyl (C=O) groups excluding carboxylic acids is 1. The van der Waals surface area contributed by atoms with Gasteiger partial charge in [0.1, 0.15) is 0 Å². The highest BCUT2D eigenvalue weighted by Gasteiger charge is 2.18. The molecule has 0 spiro atoms. The molecule has 2 N–H and O–H groups in total. The van der Waals surface area contributed by atoms with Gasteiger partial charge < -0.3 is 19.9 Å². The minimum atomic E-state index is -0.541. The van der Waals surface area contributed by atoms with Crippen LogP contribution in [0.2, 0.25) is 0 Å². The van der Waals surface area contributed by atoms with Crippen molar-refractivity contribution < 1.29 is 9.90 Å². The highest BCUT2D eigenvalue weighted by molar-refractivity contribution is 5.74. The molecule has 1 unspecified atom stereocenters. The number of hydrogen-bond acceptors (Lipinski definition) is 3. The van der Waals surface area contributed by atoms with Crippen LogP contribution in [0.5, 0.6) is 0 Å². The number of aliphatic hydroxyl groups excluding tert-OH is 1. The van der Waals surface area contributed by atoms with E-state index in [1.165, 1.54) is 5.56 Å². The Morgan fingerprint density at radius 3 is 2.46 bits per heavy atom. The van der Waals surface area contributed by atoms with E-state index in [2.05, 4.69) is 22.4 Å². The molecule has 2 aromatic rings. The molecule has 130 valence electrons. The Bertz CT molecular complexity index is 621. The summed E-state index contributed by atoms with van der Waals surface area (Å²) in [6.45, 7) is 7.13. The van der Waals surface area contributed by atoms with E-state index in [0.29, 0.717) is 13.1 Å². The molecule has 0 saturated heterocycles. The lowest BCUT2D eigenvalue weighted by Crippen LogP contribution is -2.46. The minimum absolute atomic E-state index is 0.0390. The van der Waals surface area contributed by atoms with Crippen LogP contribution in [0.4, 0.5) is 4.79 Å². The lowest BCUT2D eigenvalue weighted by atomic mass is 10.1. The van der Waals surface area contributed by atoms with Gasteiger partial charge in [-0.15, -0.1) is 0 Å². The second kappa shape index (κ2) is 8.49. The third-order valence-corrected chi connectivity index (χ3v) is 3.74. The molecule has 0 bridgehead atoms. The molecule has 6 nitrogen and oxygen atoms in total. The van der Waals surface area contributed by atoms with Crippen LogP contribution >= 0.6 is 0 Å². The predicted octanol–water partition coefficient (Wildman–Crippen LogP) is 2.23. The first-order valence-electron chi connectivity index (χ1n) is 8.22. The van der Waals surface area contributed by atoms with E-state index in [1.807, 2.05) is 36.7 Å². The maximum Gasteiger partial charge on any atom is 0.317 e. The highest BCUT2D eigenvalue weighted by atomic mass is 16.3. The number of nitrogens with one attached hydrogen (secondary N) is 1. The van der Waals surface area contributed by atoms with Crippen molar-refractivity contribution in [3.05, 3.63) is 54.1 Å². The van der Waals surface area contributed by atoms with Crippen molar-refractivity contribution in [1.29, 1.82) is 0 Å². The minimum Gasteiger partial charge on any atom is -0.392 e. The Hall–Kier alpha value is -2.34. The molecule has 1 aromatic carbocycles. The van der Waals surface area contributed by atoms with Gasteiger partial charge in [-0.2, -0.15) is 0 Å². The first-order chi connectivity index (χ1) is 11.5. The SMILES string of the molecule is CC(O)CN(C(=O)NCc1ccc(Cn2ccnc2)cc1)C(C)C. The van der Waals surface area contributed by atoms with Gasteiger partial charge in [-0.05, 0) is 31.9 Å². The molecule has 1 aromatic heterocycles. The normalized spacial score (nSPS) is 12.2. The Morgan fingerprint density at radius 2 is 1.92 bits per heavy atom. The molecule has 0 aliphatic heterocycles. The van der Waals surface area contributed by atoms with Gasteiger partial charge in [-0.1, -0.05) is 24.3 Å². The topological polar surface area (TPSA) is 70.4 Å². The summed E-state index contributed by atoms with van der Waals surface area (Å²) in [6.07, 6.45) is 4.94. The van der Waals surface area contributed by atoms with Gasteiger partial charge in [0.05, 0.1) is 12.4 Å². The quantitative estimate of drug-likeness (QED) is 0.818. The summed E-state index contributed by atoms with van der Waals surface area (Å²) in [4.78, 5) is 17.9. The standard InChI is InChI=1S/C18H26N4O2/c1-14(2)22(11-15(3)23)18(24)20-10-16-4-6-17(7-5-16)12-21-9-8-19-13-21/h4-9,13-15,23H,10-12H2,1-3H3,(H,20,24). The van der Waals surface area contributed by atoms with E-state index in [4.69, 9.17) is 0 Å². The van der Waals surface area contributed by atoms with Crippen LogP contribution in [0.25, 0.3) is 0 Å². The van der Waals surface area contributed by atoms with Gasteiger partial charge in [-0.3, -0.25) is 0 Å². The summed E-state index contributed by atoms with van der Waals surface area (Å²) in [6, 6.07) is 8.02. The molecule has 24 heavy (non-hydrogen) atoms. The number of urea groups is 1. The monoisotopic (exact) mass is 330 g/mol. The number of aromatic nitrogens is 2. The van der Waals surface area contributed by atoms with Crippen molar-refractivity contribution >= 4 is 6.03 Å². The molecule has 6 heteroatoms. The van der Waals surface area contributed by atoms with Crippen LogP contribution in [0.1, 0.15) is 31.9 Å². The maximum atomic E-state index is 12.3. The lowest BCUT2D eigenvalue weighted by Gasteiger charge is -2.28. The summed E-state index contributed by atoms with van der Waals surface area (Å²) < 4.78 is 2.01. The second-order valence-electron chi connectivity index (χ2n) is 6.31. The average Bonchev–Trinajstić information content (AvgIpc) is 3.04. The van der Waals surface area contributed by atoms with Gasteiger partial charge in [0.25, 0.3) is 0 Å². The number of imidazole rings is 1. The molecule has 2 amide bonds. The molecule has 0 radical (unpaired) electrons. The smallest absolute Gasteiger partial charge is 0.317 e. The fourth-order valence-electron chi connectivity index (χ4n) is 2.45. The van der Waals surface area contributed by atoms with Crippen LogP contribution in [-0.4, -0.2) is 44.3 Å². The summed E-state index contributed by atoms with van der Waals surface area (Å²) in [7, 11) is 0. The van der Waals surface area contributed by atoms with E-state index in [-0.39, 0.29) is 12.1 Å². The number of carbonyl (C=O) groups is 1. The second-order valence-corrected chi connectivity index (χ2v) is 6.31. The number of nitrogens with zero attached hydrogens (tertiary/aromatic N) is 3. The lowest BCUT2D eigenvalue weighted by molar-refractivity contribution is 0.119. The molecule has 1 heterocycles. The summed E-state index contributed by atoms with van der Waals surface area (Å²) in [5.41, 5.74) is 2.22. The molecule has 0 aliphatic carbocycles. The molecule has 0 fully saturated rings. The Kier molecular flexibility index (Phi) is 6.37. The van der Waals surface area contributed by atoms with Crippen LogP contribution in [0, 0.1) is 0 Å². The molecule has 0 saturated carbocycles. The zero-order valence-electron chi connectivity index (χ0n) is 14.5. The van der Waals surface area contributed by atoms with E-state index in [1.54, 1.807) is 24.3 Å². The third-order valence-electron chi connectivity index (χ3n) is 3.74. The number of rotatable bonds is 7. The highest BCUT2D eigenvalue weighted by Crippen LogP contribution is 2.07. The van der Waals surface area contributed by atoms with Crippen molar-refractivity contribution in [2.45, 2.75) is 46.0 Å². The third kappa shape index (κ3) is 5.38. The molecule has 2 rings (SSSR count). The zero-order valence-corrected chi connectivity index (χ0v) is 14.5. The van der Waals surface area contributed by atoms with Gasteiger partial charge in [0, 0.05) is 38.1 Å². The first kappa shape index (κ1) is 18.0. The van der Waals surface area contributed by atoms with Gasteiger partial charge in [-0.25, -0.2) is 9.78 Å². The van der Waals surface area contributed by atoms with Gasteiger partial charge in [0.15, 0.2) is 0 Å². The van der Waals surface area contributed by atoms with E-state index in [9.17, 15) is 9.90 Å². The van der Waals surface area contributed by atoms with Crippen molar-refractivity contribution in [3.63, 3.8) is 0 Å². The largest absolute Gasteiger partial charge is 0.392 e. The maximum absolute atomic E-state index is 12.3. The number of aliphatic hydroxyl groups is 1. The predicted molar refractivity (Wildman–Crippen MR) is 93.5 cm³/mol. The Balaban J connectivity index is 1.88. The molecular formula is C18H26N4O2. The Labute approximate surface area is 143 Å². The summed E-state index contributed by atoms with van der Waals surface area (Å²) >= 11 is 0. The number of benzene rings is 1. The summed E-state index contributed by atoms with van der Waals surface area (Å²) in [5.74, 6) is 0. The fraction of sp³-hybridized carbons (Fsp3) is 0.444. The fourth-order valence-corrected chi connectivity index (χ4v) is 2.45. The van der Waals surface area contributed by atoms with Crippen LogP contribution < -0.4 is 5.32 Å². The zero-order chi connectivity index (χ0) is 17.5. The number of hydrogen-bond donors (Lipinski definition) is 2. The molecule has 0 aliphatic rings. The van der Waals surface area contributed by atoms with Crippen LogP contribution in [0.3, 0.4) is 0 Å². The molecular weight excluding hydrogens is 304 g/mol. The van der Waals surface area contributed by atoms with E-state index >= 15 is 0 Å². The summed E-state index contributed by atoms with van der Waals surface area (Å²) in [5, 5.41) is 12.4. The Morgan fingerprint density at radius 1 is 1.25 bits per heavy atom. The van der Waals surface area contributed by atoms with Crippen molar-refractivity contribution in [2.24, 2.45) is 0 Å². The van der Waals surface area contributed by atoms with Gasteiger partial charge in [0.2, 0.25) is 0 Å². The van der Waals surface area contributed by atoms with Gasteiger partial charge >= 0.3 is 6.03 Å². The van der Waals surface area contributed by atoms with E-state index < -0.39 is 6.10 Å². The average molecular weight is 330 g/mol. The van der Waals surface area contributed by atoms with Crippen molar-refractivity contribution in [1.82, 2.24) is 19.8 Å². The van der Waals surface area contributed by atoms with Crippen LogP contribution in [0.15, 0.2) is 43.0 Å². The van der Waals surface area contributed by atoms with Crippen molar-refractivity contribution in [3.8, 4) is 0 Å². The number of amides is 2. The van der Waals surface area contributed by atoms with Crippen molar-refractivity contribution in [2.75, 3.05) is 6.54 Å². The first-order valence-corrected chi connectivity index (χ1v) is 8.22. The molecule has 1 atom stereocenters. The van der Waals surface area contributed by atoms with E-state index in [0.717, 1.165) is 12.1 Å². The van der Waals surface area contributed by atoms with Crippen LogP contribution in [-0.2, 0) is 13.1 Å².